The molecule has 6 heteroatoms. The Morgan fingerprint density at radius 1 is 1.11 bits per heavy atom. The van der Waals surface area contributed by atoms with Crippen molar-refractivity contribution in [2.75, 3.05) is 33.9 Å². The first-order chi connectivity index (χ1) is 13.1. The van der Waals surface area contributed by atoms with Crippen LogP contribution in [0.5, 0.6) is 11.5 Å². The summed E-state index contributed by atoms with van der Waals surface area (Å²) in [7, 11) is 3.13. The minimum Gasteiger partial charge on any atom is -0.497 e. The van der Waals surface area contributed by atoms with Gasteiger partial charge < -0.3 is 14.8 Å². The molecule has 0 aliphatic carbocycles. The molecule has 1 atom stereocenters. The minimum absolute atomic E-state index is 0.0534. The van der Waals surface area contributed by atoms with E-state index in [1.807, 2.05) is 24.3 Å². The van der Waals surface area contributed by atoms with Gasteiger partial charge in [-0.15, -0.1) is 0 Å². The Bertz CT molecular complexity index is 768. The summed E-state index contributed by atoms with van der Waals surface area (Å²) in [6, 6.07) is 13.1. The van der Waals surface area contributed by atoms with Crippen LogP contribution in [0.4, 0.5) is 0 Å². The van der Waals surface area contributed by atoms with Crippen LogP contribution < -0.4 is 14.8 Å². The molecule has 5 nitrogen and oxygen atoms in total. The smallest absolute Gasteiger partial charge is 0.251 e. The average molecular weight is 389 g/mol. The highest BCUT2D eigenvalue weighted by molar-refractivity contribution is 6.31. The Hall–Kier alpha value is -2.24. The fraction of sp³-hybridized carbons (Fsp3) is 0.381. The number of hydrogen-bond acceptors (Lipinski definition) is 4. The third kappa shape index (κ3) is 4.73. The summed E-state index contributed by atoms with van der Waals surface area (Å²) in [5.74, 6) is 1.01. The van der Waals surface area contributed by atoms with Gasteiger partial charge in [0.2, 0.25) is 0 Å². The first-order valence-electron chi connectivity index (χ1n) is 9.12. The number of amides is 1. The van der Waals surface area contributed by atoms with Crippen molar-refractivity contribution >= 4 is 17.5 Å². The lowest BCUT2D eigenvalue weighted by Gasteiger charge is -2.29. The fourth-order valence-electron chi connectivity index (χ4n) is 3.46. The highest BCUT2D eigenvalue weighted by Gasteiger charge is 2.25. The third-order valence-electron chi connectivity index (χ3n) is 4.92. The summed E-state index contributed by atoms with van der Waals surface area (Å²) in [5, 5.41) is 3.78. The van der Waals surface area contributed by atoms with E-state index in [1.165, 1.54) is 12.8 Å². The maximum atomic E-state index is 12.7. The first kappa shape index (κ1) is 19.5. The van der Waals surface area contributed by atoms with Gasteiger partial charge in [-0.25, -0.2) is 0 Å². The van der Waals surface area contributed by atoms with Gasteiger partial charge in [0.1, 0.15) is 11.5 Å². The van der Waals surface area contributed by atoms with Crippen molar-refractivity contribution in [2.45, 2.75) is 18.9 Å². The number of methoxy groups -OCH3 is 2. The first-order valence-corrected chi connectivity index (χ1v) is 9.50. The summed E-state index contributed by atoms with van der Waals surface area (Å²) in [5.41, 5.74) is 1.55. The molecule has 144 valence electrons. The number of carbonyl (C=O) groups is 1. The zero-order chi connectivity index (χ0) is 19.2. The van der Waals surface area contributed by atoms with Crippen LogP contribution in [0, 0.1) is 0 Å². The van der Waals surface area contributed by atoms with Crippen LogP contribution in [-0.4, -0.2) is 44.7 Å². The number of benzene rings is 2. The van der Waals surface area contributed by atoms with Crippen LogP contribution in [0.3, 0.4) is 0 Å². The maximum Gasteiger partial charge on any atom is 0.251 e. The van der Waals surface area contributed by atoms with E-state index in [-0.39, 0.29) is 11.9 Å². The normalized spacial score (nSPS) is 15.4. The molecule has 1 aliphatic rings. The zero-order valence-electron chi connectivity index (χ0n) is 15.7. The lowest BCUT2D eigenvalue weighted by molar-refractivity contribution is 0.0937. The number of nitrogens with one attached hydrogen (secondary N) is 1. The molecule has 0 radical (unpaired) electrons. The van der Waals surface area contributed by atoms with Crippen LogP contribution in [0.15, 0.2) is 42.5 Å². The molecule has 1 fully saturated rings. The number of likely N-dealkylation sites (tertiary alicyclic amines) is 1. The van der Waals surface area contributed by atoms with E-state index in [9.17, 15) is 4.79 Å². The van der Waals surface area contributed by atoms with E-state index in [0.717, 1.165) is 23.7 Å². The van der Waals surface area contributed by atoms with Crippen LogP contribution in [-0.2, 0) is 0 Å². The third-order valence-corrected chi connectivity index (χ3v) is 5.26. The summed E-state index contributed by atoms with van der Waals surface area (Å²) >= 11 is 6.44. The second-order valence-electron chi connectivity index (χ2n) is 6.59. The molecule has 1 unspecified atom stereocenters. The van der Waals surface area contributed by atoms with Gasteiger partial charge in [-0.3, -0.25) is 9.69 Å². The molecular weight excluding hydrogens is 364 g/mol. The van der Waals surface area contributed by atoms with Crippen molar-refractivity contribution in [3.05, 3.63) is 58.6 Å². The molecule has 2 aromatic rings. The molecular formula is C21H25ClN2O3. The molecule has 1 aliphatic heterocycles. The van der Waals surface area contributed by atoms with Crippen molar-refractivity contribution in [1.82, 2.24) is 10.2 Å². The van der Waals surface area contributed by atoms with E-state index in [4.69, 9.17) is 21.1 Å². The lowest BCUT2D eigenvalue weighted by Crippen LogP contribution is -2.37. The van der Waals surface area contributed by atoms with E-state index in [2.05, 4.69) is 10.2 Å². The monoisotopic (exact) mass is 388 g/mol. The van der Waals surface area contributed by atoms with Gasteiger partial charge in [-0.1, -0.05) is 29.8 Å². The standard InChI is InChI=1S/C21H25ClN2O3/c1-26-16-11-15(12-17(13-16)27-2)21(25)23-14-20(24-9-5-6-10-24)18-7-3-4-8-19(18)22/h3-4,7-8,11-13,20H,5-6,9-10,14H2,1-2H3,(H,23,25). The van der Waals surface area contributed by atoms with Gasteiger partial charge in [0.05, 0.1) is 20.3 Å². The van der Waals surface area contributed by atoms with Crippen molar-refractivity contribution in [2.24, 2.45) is 0 Å². The summed E-state index contributed by atoms with van der Waals surface area (Å²) in [4.78, 5) is 15.1. The SMILES string of the molecule is COc1cc(OC)cc(C(=O)NCC(c2ccccc2Cl)N2CCCC2)c1. The molecule has 27 heavy (non-hydrogen) atoms. The number of carbonyl (C=O) groups excluding carboxylic acids is 1. The quantitative estimate of drug-likeness (QED) is 0.780. The molecule has 0 bridgehead atoms. The van der Waals surface area contributed by atoms with E-state index in [0.29, 0.717) is 23.6 Å². The molecule has 1 N–H and O–H groups in total. The number of hydrogen-bond donors (Lipinski definition) is 1. The largest absolute Gasteiger partial charge is 0.497 e. The van der Waals surface area contributed by atoms with Crippen molar-refractivity contribution in [3.63, 3.8) is 0 Å². The van der Waals surface area contributed by atoms with E-state index in [1.54, 1.807) is 32.4 Å². The van der Waals surface area contributed by atoms with E-state index >= 15 is 0 Å². The summed E-state index contributed by atoms with van der Waals surface area (Å²) in [6.07, 6.45) is 2.34. The maximum absolute atomic E-state index is 12.7. The van der Waals surface area contributed by atoms with Crippen molar-refractivity contribution in [3.8, 4) is 11.5 Å². The van der Waals surface area contributed by atoms with Crippen molar-refractivity contribution < 1.29 is 14.3 Å². The molecule has 0 saturated carbocycles. The fourth-order valence-corrected chi connectivity index (χ4v) is 3.73. The number of ether oxygens (including phenoxy) is 2. The van der Waals surface area contributed by atoms with Crippen LogP contribution in [0.2, 0.25) is 5.02 Å². The second kappa shape index (κ2) is 9.11. The predicted molar refractivity (Wildman–Crippen MR) is 107 cm³/mol. The van der Waals surface area contributed by atoms with Crippen LogP contribution in [0.1, 0.15) is 34.8 Å². The van der Waals surface area contributed by atoms with Gasteiger partial charge in [0.15, 0.2) is 0 Å². The lowest BCUT2D eigenvalue weighted by atomic mass is 10.0. The topological polar surface area (TPSA) is 50.8 Å². The van der Waals surface area contributed by atoms with Gasteiger partial charge in [-0.2, -0.15) is 0 Å². The van der Waals surface area contributed by atoms with Crippen LogP contribution >= 0.6 is 11.6 Å². The number of nitrogens with zero attached hydrogens (tertiary/aromatic N) is 1. The molecule has 1 heterocycles. The van der Waals surface area contributed by atoms with Gasteiger partial charge in [0.25, 0.3) is 5.91 Å². The Morgan fingerprint density at radius 2 is 1.74 bits per heavy atom. The Balaban J connectivity index is 1.77. The minimum atomic E-state index is -0.163. The van der Waals surface area contributed by atoms with E-state index < -0.39 is 0 Å². The molecule has 1 saturated heterocycles. The van der Waals surface area contributed by atoms with Gasteiger partial charge in [0, 0.05) is 23.2 Å². The van der Waals surface area contributed by atoms with Gasteiger partial charge >= 0.3 is 0 Å². The zero-order valence-corrected chi connectivity index (χ0v) is 16.5. The van der Waals surface area contributed by atoms with Crippen molar-refractivity contribution in [1.29, 1.82) is 0 Å². The molecule has 2 aromatic carbocycles. The molecule has 0 spiro atoms. The number of rotatable bonds is 7. The summed E-state index contributed by atoms with van der Waals surface area (Å²) in [6.45, 7) is 2.51. The Morgan fingerprint density at radius 3 is 2.33 bits per heavy atom. The summed E-state index contributed by atoms with van der Waals surface area (Å²) < 4.78 is 10.5. The highest BCUT2D eigenvalue weighted by Crippen LogP contribution is 2.30. The second-order valence-corrected chi connectivity index (χ2v) is 7.00. The highest BCUT2D eigenvalue weighted by atomic mass is 35.5. The molecule has 3 rings (SSSR count). The van der Waals surface area contributed by atoms with Gasteiger partial charge in [-0.05, 0) is 49.7 Å². The molecule has 0 aromatic heterocycles. The Labute approximate surface area is 165 Å². The Kier molecular flexibility index (Phi) is 6.58. The predicted octanol–water partition coefficient (Wildman–Crippen LogP) is 3.92. The van der Waals surface area contributed by atoms with Crippen LogP contribution in [0.25, 0.3) is 0 Å². The average Bonchev–Trinajstić information content (AvgIpc) is 3.23. The molecule has 1 amide bonds. The number of halogens is 1.